The van der Waals surface area contributed by atoms with Crippen LogP contribution < -0.4 is 4.90 Å². The number of anilines is 1. The Kier molecular flexibility index (Phi) is 5.06. The summed E-state index contributed by atoms with van der Waals surface area (Å²) < 4.78 is 2.88. The third-order valence-corrected chi connectivity index (χ3v) is 5.64. The normalized spacial score (nSPS) is 14.4. The van der Waals surface area contributed by atoms with Gasteiger partial charge in [-0.15, -0.1) is 10.2 Å². The van der Waals surface area contributed by atoms with E-state index < -0.39 is 0 Å². The quantitative estimate of drug-likeness (QED) is 0.546. The average Bonchev–Trinajstić information content (AvgIpc) is 3.14. The van der Waals surface area contributed by atoms with Gasteiger partial charge in [0, 0.05) is 42.1 Å². The SMILES string of the molecule is Cc1nccn1-c1ccc(N2CCN(C(=O)c3ccccc3I)CC2)nn1. The first-order valence-corrected chi connectivity index (χ1v) is 9.84. The summed E-state index contributed by atoms with van der Waals surface area (Å²) in [4.78, 5) is 21.0. The molecule has 0 radical (unpaired) electrons. The van der Waals surface area contributed by atoms with Crippen molar-refractivity contribution in [3.05, 3.63) is 63.7 Å². The van der Waals surface area contributed by atoms with Gasteiger partial charge in [0.1, 0.15) is 5.82 Å². The van der Waals surface area contributed by atoms with Gasteiger partial charge in [0.25, 0.3) is 5.91 Å². The van der Waals surface area contributed by atoms with Crippen molar-refractivity contribution in [1.82, 2.24) is 24.6 Å². The molecule has 0 spiro atoms. The van der Waals surface area contributed by atoms with E-state index in [1.54, 1.807) is 6.20 Å². The van der Waals surface area contributed by atoms with E-state index in [4.69, 9.17) is 0 Å². The van der Waals surface area contributed by atoms with Gasteiger partial charge in [-0.25, -0.2) is 4.98 Å². The lowest BCUT2D eigenvalue weighted by Gasteiger charge is -2.35. The summed E-state index contributed by atoms with van der Waals surface area (Å²) in [6.07, 6.45) is 3.61. The summed E-state index contributed by atoms with van der Waals surface area (Å²) in [7, 11) is 0. The number of piperazine rings is 1. The fourth-order valence-electron chi connectivity index (χ4n) is 3.18. The Labute approximate surface area is 171 Å². The number of imidazole rings is 1. The summed E-state index contributed by atoms with van der Waals surface area (Å²) in [6, 6.07) is 11.6. The molecular weight excluding hydrogens is 455 g/mol. The van der Waals surface area contributed by atoms with E-state index in [1.165, 1.54) is 0 Å². The van der Waals surface area contributed by atoms with Crippen LogP contribution in [0.5, 0.6) is 0 Å². The molecule has 1 aromatic carbocycles. The molecule has 27 heavy (non-hydrogen) atoms. The van der Waals surface area contributed by atoms with Crippen LogP contribution in [0, 0.1) is 10.5 Å². The molecule has 138 valence electrons. The average molecular weight is 474 g/mol. The first-order valence-electron chi connectivity index (χ1n) is 8.76. The number of carbonyl (C=O) groups excluding carboxylic acids is 1. The number of aryl methyl sites for hydroxylation is 1. The molecular formula is C19H19IN6O. The molecule has 3 aromatic rings. The Morgan fingerprint density at radius 2 is 1.70 bits per heavy atom. The number of rotatable bonds is 3. The van der Waals surface area contributed by atoms with Crippen molar-refractivity contribution in [2.45, 2.75) is 6.92 Å². The number of amides is 1. The van der Waals surface area contributed by atoms with Gasteiger partial charge in [0.2, 0.25) is 0 Å². The fourth-order valence-corrected chi connectivity index (χ4v) is 3.80. The zero-order chi connectivity index (χ0) is 18.8. The molecule has 1 fully saturated rings. The van der Waals surface area contributed by atoms with Crippen LogP contribution >= 0.6 is 22.6 Å². The van der Waals surface area contributed by atoms with Gasteiger partial charge in [-0.2, -0.15) is 0 Å². The van der Waals surface area contributed by atoms with Crippen LogP contribution in [0.15, 0.2) is 48.8 Å². The van der Waals surface area contributed by atoms with Crippen LogP contribution in [0.4, 0.5) is 5.82 Å². The molecule has 0 bridgehead atoms. The molecule has 2 aromatic heterocycles. The zero-order valence-electron chi connectivity index (χ0n) is 14.9. The maximum atomic E-state index is 12.7. The van der Waals surface area contributed by atoms with Crippen molar-refractivity contribution in [2.24, 2.45) is 0 Å². The molecule has 3 heterocycles. The second-order valence-corrected chi connectivity index (χ2v) is 7.52. The summed E-state index contributed by atoms with van der Waals surface area (Å²) >= 11 is 2.21. The third kappa shape index (κ3) is 3.66. The van der Waals surface area contributed by atoms with Crippen LogP contribution in [0.2, 0.25) is 0 Å². The second-order valence-electron chi connectivity index (χ2n) is 6.35. The molecule has 0 aliphatic carbocycles. The Morgan fingerprint density at radius 1 is 1.00 bits per heavy atom. The minimum absolute atomic E-state index is 0.0941. The maximum absolute atomic E-state index is 12.7. The number of halogens is 1. The lowest BCUT2D eigenvalue weighted by atomic mass is 10.2. The molecule has 0 N–H and O–H groups in total. The lowest BCUT2D eigenvalue weighted by molar-refractivity contribution is 0.0745. The predicted molar refractivity (Wildman–Crippen MR) is 111 cm³/mol. The predicted octanol–water partition coefficient (Wildman–Crippen LogP) is 2.54. The highest BCUT2D eigenvalue weighted by atomic mass is 127. The molecule has 1 aliphatic heterocycles. The van der Waals surface area contributed by atoms with Crippen molar-refractivity contribution < 1.29 is 4.79 Å². The van der Waals surface area contributed by atoms with Gasteiger partial charge in [-0.3, -0.25) is 9.36 Å². The van der Waals surface area contributed by atoms with Gasteiger partial charge >= 0.3 is 0 Å². The first kappa shape index (κ1) is 17.9. The second kappa shape index (κ2) is 7.63. The fraction of sp³-hybridized carbons (Fsp3) is 0.263. The van der Waals surface area contributed by atoms with Crippen LogP contribution in [0.1, 0.15) is 16.2 Å². The minimum atomic E-state index is 0.0941. The summed E-state index contributed by atoms with van der Waals surface area (Å²) in [5, 5.41) is 8.68. The molecule has 0 saturated carbocycles. The number of aromatic nitrogens is 4. The Bertz CT molecular complexity index is 947. The monoisotopic (exact) mass is 474 g/mol. The third-order valence-electron chi connectivity index (χ3n) is 4.70. The van der Waals surface area contributed by atoms with E-state index in [1.807, 2.05) is 59.0 Å². The largest absolute Gasteiger partial charge is 0.352 e. The summed E-state index contributed by atoms with van der Waals surface area (Å²) in [5.74, 6) is 2.55. The molecule has 1 saturated heterocycles. The number of nitrogens with zero attached hydrogens (tertiary/aromatic N) is 6. The van der Waals surface area contributed by atoms with Crippen molar-refractivity contribution >= 4 is 34.3 Å². The topological polar surface area (TPSA) is 67.2 Å². The molecule has 1 amide bonds. The van der Waals surface area contributed by atoms with Gasteiger partial charge in [0.15, 0.2) is 11.6 Å². The van der Waals surface area contributed by atoms with Crippen LogP contribution in [0.3, 0.4) is 0 Å². The number of benzene rings is 1. The van der Waals surface area contributed by atoms with E-state index >= 15 is 0 Å². The van der Waals surface area contributed by atoms with Crippen molar-refractivity contribution in [3.8, 4) is 5.82 Å². The highest BCUT2D eigenvalue weighted by Crippen LogP contribution is 2.18. The van der Waals surface area contributed by atoms with Crippen molar-refractivity contribution in [1.29, 1.82) is 0 Å². The zero-order valence-corrected chi connectivity index (χ0v) is 17.1. The van der Waals surface area contributed by atoms with E-state index in [2.05, 4.69) is 42.7 Å². The minimum Gasteiger partial charge on any atom is -0.352 e. The molecule has 0 atom stereocenters. The highest BCUT2D eigenvalue weighted by molar-refractivity contribution is 14.1. The van der Waals surface area contributed by atoms with Crippen LogP contribution in [-0.2, 0) is 0 Å². The summed E-state index contributed by atoms with van der Waals surface area (Å²) in [6.45, 7) is 4.77. The Hall–Kier alpha value is -2.49. The van der Waals surface area contributed by atoms with Gasteiger partial charge in [0.05, 0.1) is 5.56 Å². The highest BCUT2D eigenvalue weighted by Gasteiger charge is 2.24. The first-order chi connectivity index (χ1) is 13.1. The van der Waals surface area contributed by atoms with Crippen LogP contribution in [-0.4, -0.2) is 56.7 Å². The Balaban J connectivity index is 1.41. The van der Waals surface area contributed by atoms with Gasteiger partial charge < -0.3 is 9.80 Å². The molecule has 1 aliphatic rings. The number of carbonyl (C=O) groups is 1. The van der Waals surface area contributed by atoms with Gasteiger partial charge in [-0.1, -0.05) is 12.1 Å². The molecule has 4 rings (SSSR count). The number of hydrogen-bond acceptors (Lipinski definition) is 5. The van der Waals surface area contributed by atoms with Crippen LogP contribution in [0.25, 0.3) is 5.82 Å². The van der Waals surface area contributed by atoms with E-state index in [9.17, 15) is 4.79 Å². The van der Waals surface area contributed by atoms with Gasteiger partial charge in [-0.05, 0) is 53.8 Å². The molecule has 7 nitrogen and oxygen atoms in total. The Morgan fingerprint density at radius 3 is 2.33 bits per heavy atom. The van der Waals surface area contributed by atoms with Crippen molar-refractivity contribution in [3.63, 3.8) is 0 Å². The smallest absolute Gasteiger partial charge is 0.255 e. The molecule has 0 unspecified atom stereocenters. The standard InChI is InChI=1S/C19H19IN6O/c1-14-21-8-9-26(14)18-7-6-17(22-23-18)24-10-12-25(13-11-24)19(27)15-4-2-3-5-16(15)20/h2-9H,10-13H2,1H3. The maximum Gasteiger partial charge on any atom is 0.255 e. The molecule has 8 heteroatoms. The van der Waals surface area contributed by atoms with E-state index in [0.29, 0.717) is 13.1 Å². The summed E-state index contributed by atoms with van der Waals surface area (Å²) in [5.41, 5.74) is 0.770. The van der Waals surface area contributed by atoms with Crippen molar-refractivity contribution in [2.75, 3.05) is 31.1 Å². The van der Waals surface area contributed by atoms with E-state index in [-0.39, 0.29) is 5.91 Å². The van der Waals surface area contributed by atoms with E-state index in [0.717, 1.165) is 39.7 Å². The lowest BCUT2D eigenvalue weighted by Crippen LogP contribution is -2.49. The number of hydrogen-bond donors (Lipinski definition) is 0.